The van der Waals surface area contributed by atoms with E-state index < -0.39 is 0 Å². The number of halogens is 1. The Morgan fingerprint density at radius 1 is 1.13 bits per heavy atom. The summed E-state index contributed by atoms with van der Waals surface area (Å²) in [6, 6.07) is 10.6. The zero-order chi connectivity index (χ0) is 10.7. The van der Waals surface area contributed by atoms with Gasteiger partial charge in [0.2, 0.25) is 5.88 Å². The predicted molar refractivity (Wildman–Crippen MR) is 61.2 cm³/mol. The molecule has 0 atom stereocenters. The van der Waals surface area contributed by atoms with Crippen molar-refractivity contribution >= 4 is 24.9 Å². The van der Waals surface area contributed by atoms with Gasteiger partial charge in [-0.2, -0.15) is 0 Å². The van der Waals surface area contributed by atoms with E-state index >= 15 is 0 Å². The fourth-order valence-electron chi connectivity index (χ4n) is 1.09. The molecule has 0 N–H and O–H groups in total. The van der Waals surface area contributed by atoms with Crippen molar-refractivity contribution in [2.75, 3.05) is 0 Å². The molecule has 0 bridgehead atoms. The van der Waals surface area contributed by atoms with Crippen LogP contribution in [-0.4, -0.2) is 12.8 Å². The zero-order valence-corrected chi connectivity index (χ0v) is 8.61. The first-order valence-electron chi connectivity index (χ1n) is 4.39. The normalized spacial score (nSPS) is 9.93. The molecule has 0 aliphatic carbocycles. The lowest BCUT2D eigenvalue weighted by atomic mass is 9.99. The molecule has 15 heavy (non-hydrogen) atoms. The molecule has 2 rings (SSSR count). The Balaban J connectivity index is 2.22. The first-order valence-corrected chi connectivity index (χ1v) is 4.77. The van der Waals surface area contributed by atoms with Gasteiger partial charge in [-0.1, -0.05) is 35.3 Å². The maximum atomic E-state index is 5.93. The molecule has 2 aromatic rings. The molecule has 2 radical (unpaired) electrons. The van der Waals surface area contributed by atoms with Crippen molar-refractivity contribution < 1.29 is 4.74 Å². The molecular weight excluding hydrogens is 208 g/mol. The highest BCUT2D eigenvalue weighted by atomic mass is 35.5. The fourth-order valence-corrected chi connectivity index (χ4v) is 1.27. The topological polar surface area (TPSA) is 22.1 Å². The minimum Gasteiger partial charge on any atom is -0.437 e. The SMILES string of the molecule is [B]c1ccc(Oc2ccccc2Cl)nc1. The second-order valence-electron chi connectivity index (χ2n) is 2.96. The number of hydrogen-bond donors (Lipinski definition) is 0. The van der Waals surface area contributed by atoms with Crippen molar-refractivity contribution in [3.8, 4) is 11.6 Å². The van der Waals surface area contributed by atoms with Crippen LogP contribution in [0.15, 0.2) is 42.6 Å². The maximum absolute atomic E-state index is 5.93. The van der Waals surface area contributed by atoms with Crippen LogP contribution in [0.1, 0.15) is 0 Å². The third-order valence-electron chi connectivity index (χ3n) is 1.81. The number of pyridine rings is 1. The van der Waals surface area contributed by atoms with Crippen molar-refractivity contribution in [3.63, 3.8) is 0 Å². The van der Waals surface area contributed by atoms with Crippen molar-refractivity contribution in [2.45, 2.75) is 0 Å². The molecule has 0 saturated carbocycles. The van der Waals surface area contributed by atoms with Gasteiger partial charge in [-0.3, -0.25) is 0 Å². The van der Waals surface area contributed by atoms with Gasteiger partial charge in [-0.05, 0) is 12.1 Å². The molecule has 72 valence electrons. The number of aromatic nitrogens is 1. The zero-order valence-electron chi connectivity index (χ0n) is 7.85. The Kier molecular flexibility index (Phi) is 2.93. The molecule has 1 aromatic carbocycles. The van der Waals surface area contributed by atoms with E-state index in [1.54, 1.807) is 24.3 Å². The minimum absolute atomic E-state index is 0.470. The molecule has 0 fully saturated rings. The Labute approximate surface area is 94.3 Å². The van der Waals surface area contributed by atoms with Crippen LogP contribution in [-0.2, 0) is 0 Å². The van der Waals surface area contributed by atoms with E-state index in [1.165, 1.54) is 6.20 Å². The highest BCUT2D eigenvalue weighted by Gasteiger charge is 2.01. The lowest BCUT2D eigenvalue weighted by molar-refractivity contribution is 0.463. The van der Waals surface area contributed by atoms with Gasteiger partial charge in [0.05, 0.1) is 5.02 Å². The van der Waals surface area contributed by atoms with E-state index in [1.807, 2.05) is 12.1 Å². The Morgan fingerprint density at radius 2 is 1.93 bits per heavy atom. The van der Waals surface area contributed by atoms with Crippen molar-refractivity contribution in [2.24, 2.45) is 0 Å². The van der Waals surface area contributed by atoms with E-state index in [0.717, 1.165) is 0 Å². The molecule has 1 heterocycles. The number of ether oxygens (including phenoxy) is 1. The van der Waals surface area contributed by atoms with Crippen molar-refractivity contribution in [3.05, 3.63) is 47.6 Å². The van der Waals surface area contributed by atoms with Crippen LogP contribution in [0.5, 0.6) is 11.6 Å². The number of rotatable bonds is 2. The van der Waals surface area contributed by atoms with E-state index in [2.05, 4.69) is 4.98 Å². The van der Waals surface area contributed by atoms with Gasteiger partial charge in [-0.25, -0.2) is 4.98 Å². The lowest BCUT2D eigenvalue weighted by Crippen LogP contribution is -2.02. The molecule has 0 saturated heterocycles. The van der Waals surface area contributed by atoms with Gasteiger partial charge in [0.1, 0.15) is 13.6 Å². The van der Waals surface area contributed by atoms with Crippen LogP contribution in [0, 0.1) is 0 Å². The maximum Gasteiger partial charge on any atom is 0.219 e. The third kappa shape index (κ3) is 2.51. The molecule has 0 aliphatic rings. The number of nitrogens with zero attached hydrogens (tertiary/aromatic N) is 1. The molecule has 1 aromatic heterocycles. The van der Waals surface area contributed by atoms with Crippen LogP contribution in [0.25, 0.3) is 0 Å². The van der Waals surface area contributed by atoms with Gasteiger partial charge in [0.15, 0.2) is 0 Å². The number of benzene rings is 1. The van der Waals surface area contributed by atoms with Gasteiger partial charge in [0, 0.05) is 12.3 Å². The summed E-state index contributed by atoms with van der Waals surface area (Å²) in [6.45, 7) is 0. The largest absolute Gasteiger partial charge is 0.437 e. The second-order valence-corrected chi connectivity index (χ2v) is 3.37. The highest BCUT2D eigenvalue weighted by molar-refractivity contribution is 6.32. The molecule has 2 nitrogen and oxygen atoms in total. The van der Waals surface area contributed by atoms with Crippen LogP contribution in [0.4, 0.5) is 0 Å². The van der Waals surface area contributed by atoms with E-state index in [0.29, 0.717) is 22.1 Å². The van der Waals surface area contributed by atoms with Gasteiger partial charge >= 0.3 is 0 Å². The summed E-state index contributed by atoms with van der Waals surface area (Å²) in [5.41, 5.74) is 0.599. The predicted octanol–water partition coefficient (Wildman–Crippen LogP) is 2.32. The Morgan fingerprint density at radius 3 is 2.60 bits per heavy atom. The number of hydrogen-bond acceptors (Lipinski definition) is 2. The molecule has 0 unspecified atom stereocenters. The molecular formula is C11H7BClNO. The Hall–Kier alpha value is -1.48. The first-order chi connectivity index (χ1) is 7.25. The average Bonchev–Trinajstić information content (AvgIpc) is 2.25. The molecule has 0 aliphatic heterocycles. The van der Waals surface area contributed by atoms with Crippen molar-refractivity contribution in [1.82, 2.24) is 4.98 Å². The summed E-state index contributed by atoms with van der Waals surface area (Å²) in [5, 5.41) is 0.552. The van der Waals surface area contributed by atoms with Gasteiger partial charge < -0.3 is 4.74 Å². The summed E-state index contributed by atoms with van der Waals surface area (Å²) in [6.07, 6.45) is 1.53. The summed E-state index contributed by atoms with van der Waals surface area (Å²) >= 11 is 5.93. The fraction of sp³-hybridized carbons (Fsp3) is 0. The highest BCUT2D eigenvalue weighted by Crippen LogP contribution is 2.27. The first kappa shape index (κ1) is 10.1. The van der Waals surface area contributed by atoms with Crippen LogP contribution < -0.4 is 10.2 Å². The average molecular weight is 215 g/mol. The van der Waals surface area contributed by atoms with E-state index in [-0.39, 0.29) is 0 Å². The lowest BCUT2D eigenvalue weighted by Gasteiger charge is -2.05. The van der Waals surface area contributed by atoms with E-state index in [4.69, 9.17) is 24.2 Å². The third-order valence-corrected chi connectivity index (χ3v) is 2.12. The molecule has 4 heteroatoms. The summed E-state index contributed by atoms with van der Waals surface area (Å²) in [5.74, 6) is 1.05. The van der Waals surface area contributed by atoms with Crippen LogP contribution in [0.3, 0.4) is 0 Å². The van der Waals surface area contributed by atoms with Crippen molar-refractivity contribution in [1.29, 1.82) is 0 Å². The summed E-state index contributed by atoms with van der Waals surface area (Å²) in [4.78, 5) is 4.01. The van der Waals surface area contributed by atoms with E-state index in [9.17, 15) is 0 Å². The quantitative estimate of drug-likeness (QED) is 0.717. The monoisotopic (exact) mass is 215 g/mol. The summed E-state index contributed by atoms with van der Waals surface area (Å²) in [7, 11) is 5.51. The molecule has 0 amide bonds. The number of para-hydroxylation sites is 1. The van der Waals surface area contributed by atoms with Gasteiger partial charge in [-0.15, -0.1) is 0 Å². The van der Waals surface area contributed by atoms with Crippen LogP contribution in [0.2, 0.25) is 5.02 Å². The minimum atomic E-state index is 0.470. The summed E-state index contributed by atoms with van der Waals surface area (Å²) < 4.78 is 5.47. The standard InChI is InChI=1S/C11H7BClNO/c12-8-5-6-11(14-7-8)15-10-4-2-1-3-9(10)13/h1-7H. The van der Waals surface area contributed by atoms with Gasteiger partial charge in [0.25, 0.3) is 0 Å². The molecule has 0 spiro atoms. The smallest absolute Gasteiger partial charge is 0.219 e. The Bertz CT molecular complexity index is 458. The second kappa shape index (κ2) is 4.36. The van der Waals surface area contributed by atoms with Crippen LogP contribution >= 0.6 is 11.6 Å².